The Morgan fingerprint density at radius 2 is 1.47 bits per heavy atom. The van der Waals surface area contributed by atoms with Crippen LogP contribution < -0.4 is 0 Å². The zero-order valence-electron chi connectivity index (χ0n) is 11.2. The van der Waals surface area contributed by atoms with Crippen LogP contribution in [0.5, 0.6) is 0 Å². The first kappa shape index (κ1) is 14.3. The molecule has 7 heteroatoms. The molecule has 2 fully saturated rings. The summed E-state index contributed by atoms with van der Waals surface area (Å²) in [4.78, 5) is 26.9. The number of amides is 2. The van der Waals surface area contributed by atoms with Gasteiger partial charge in [-0.05, 0) is 12.8 Å². The van der Waals surface area contributed by atoms with Crippen LogP contribution in [-0.4, -0.2) is 67.7 Å². The maximum absolute atomic E-state index is 12.3. The first-order valence-electron chi connectivity index (χ1n) is 6.64. The van der Waals surface area contributed by atoms with Gasteiger partial charge in [-0.15, -0.1) is 0 Å². The Kier molecular flexibility index (Phi) is 4.13. The van der Waals surface area contributed by atoms with Crippen LogP contribution in [0.1, 0.15) is 19.8 Å². The molecule has 108 valence electrons. The van der Waals surface area contributed by atoms with Crippen LogP contribution in [0.3, 0.4) is 0 Å². The molecular weight excluding hydrogens is 268 g/mol. The Bertz CT molecular complexity index is 452. The topological polar surface area (TPSA) is 74.8 Å². The van der Waals surface area contributed by atoms with Gasteiger partial charge in [-0.1, -0.05) is 0 Å². The molecule has 0 spiro atoms. The molecule has 2 aliphatic heterocycles. The Morgan fingerprint density at radius 1 is 0.947 bits per heavy atom. The van der Waals surface area contributed by atoms with Gasteiger partial charge in [-0.3, -0.25) is 9.59 Å². The van der Waals surface area contributed by atoms with E-state index in [1.807, 2.05) is 0 Å². The minimum atomic E-state index is -2.95. The van der Waals surface area contributed by atoms with Crippen molar-refractivity contribution in [3.8, 4) is 0 Å². The Balaban J connectivity index is 1.87. The average molecular weight is 288 g/mol. The van der Waals surface area contributed by atoms with Gasteiger partial charge in [0.05, 0.1) is 11.5 Å². The third-order valence-electron chi connectivity index (χ3n) is 3.95. The maximum atomic E-state index is 12.3. The van der Waals surface area contributed by atoms with E-state index in [-0.39, 0.29) is 29.2 Å². The van der Waals surface area contributed by atoms with Crippen molar-refractivity contribution in [3.63, 3.8) is 0 Å². The summed E-state index contributed by atoms with van der Waals surface area (Å²) in [5.41, 5.74) is 0. The van der Waals surface area contributed by atoms with E-state index in [1.165, 1.54) is 6.92 Å². The molecule has 2 heterocycles. The number of sulfone groups is 1. The van der Waals surface area contributed by atoms with Crippen molar-refractivity contribution >= 4 is 21.7 Å². The van der Waals surface area contributed by atoms with Crippen molar-refractivity contribution < 1.29 is 18.0 Å². The van der Waals surface area contributed by atoms with E-state index in [9.17, 15) is 18.0 Å². The molecule has 0 saturated carbocycles. The lowest BCUT2D eigenvalue weighted by Crippen LogP contribution is -2.48. The first-order valence-corrected chi connectivity index (χ1v) is 8.46. The van der Waals surface area contributed by atoms with Gasteiger partial charge < -0.3 is 9.80 Å². The van der Waals surface area contributed by atoms with Crippen molar-refractivity contribution in [1.29, 1.82) is 0 Å². The highest BCUT2D eigenvalue weighted by atomic mass is 32.2. The molecule has 0 aromatic rings. The number of likely N-dealkylation sites (tertiary alicyclic amines) is 1. The van der Waals surface area contributed by atoms with Gasteiger partial charge in [0.1, 0.15) is 0 Å². The monoisotopic (exact) mass is 288 g/mol. The predicted molar refractivity (Wildman–Crippen MR) is 70.2 cm³/mol. The van der Waals surface area contributed by atoms with Crippen LogP contribution in [0.15, 0.2) is 0 Å². The van der Waals surface area contributed by atoms with Crippen LogP contribution in [0.25, 0.3) is 0 Å². The predicted octanol–water partition coefficient (Wildman–Crippen LogP) is -0.498. The van der Waals surface area contributed by atoms with Crippen LogP contribution in [0, 0.1) is 5.92 Å². The zero-order valence-corrected chi connectivity index (χ0v) is 12.0. The zero-order chi connectivity index (χ0) is 14.0. The lowest BCUT2D eigenvalue weighted by atomic mass is 9.95. The fourth-order valence-electron chi connectivity index (χ4n) is 2.63. The summed E-state index contributed by atoms with van der Waals surface area (Å²) in [6.45, 7) is 3.41. The van der Waals surface area contributed by atoms with Crippen molar-refractivity contribution in [2.45, 2.75) is 19.8 Å². The summed E-state index contributed by atoms with van der Waals surface area (Å²) < 4.78 is 22.7. The van der Waals surface area contributed by atoms with E-state index >= 15 is 0 Å². The molecule has 19 heavy (non-hydrogen) atoms. The smallest absolute Gasteiger partial charge is 0.225 e. The molecule has 2 amide bonds. The molecule has 0 radical (unpaired) electrons. The van der Waals surface area contributed by atoms with E-state index in [0.717, 1.165) is 0 Å². The number of carbonyl (C=O) groups excluding carboxylic acids is 2. The van der Waals surface area contributed by atoms with Gasteiger partial charge in [0, 0.05) is 39.0 Å². The summed E-state index contributed by atoms with van der Waals surface area (Å²) >= 11 is 0. The van der Waals surface area contributed by atoms with Crippen molar-refractivity contribution in [2.75, 3.05) is 37.7 Å². The molecule has 0 bridgehead atoms. The molecule has 6 nitrogen and oxygen atoms in total. The molecule has 0 atom stereocenters. The van der Waals surface area contributed by atoms with Crippen molar-refractivity contribution in [2.24, 2.45) is 5.92 Å². The van der Waals surface area contributed by atoms with E-state index in [0.29, 0.717) is 39.0 Å². The van der Waals surface area contributed by atoms with E-state index in [2.05, 4.69) is 0 Å². The Labute approximate surface area is 113 Å². The van der Waals surface area contributed by atoms with Gasteiger partial charge in [-0.2, -0.15) is 0 Å². The fourth-order valence-corrected chi connectivity index (χ4v) is 3.83. The molecule has 0 aliphatic carbocycles. The highest BCUT2D eigenvalue weighted by Crippen LogP contribution is 2.20. The summed E-state index contributed by atoms with van der Waals surface area (Å²) in [6.07, 6.45) is 1.36. The third kappa shape index (κ3) is 3.46. The highest BCUT2D eigenvalue weighted by molar-refractivity contribution is 7.91. The normalized spacial score (nSPS) is 24.3. The van der Waals surface area contributed by atoms with Crippen LogP contribution in [-0.2, 0) is 19.4 Å². The van der Waals surface area contributed by atoms with Crippen LogP contribution >= 0.6 is 0 Å². The van der Waals surface area contributed by atoms with Gasteiger partial charge in [0.2, 0.25) is 11.8 Å². The quantitative estimate of drug-likeness (QED) is 0.652. The van der Waals surface area contributed by atoms with Crippen molar-refractivity contribution in [3.05, 3.63) is 0 Å². The fraction of sp³-hybridized carbons (Fsp3) is 0.833. The highest BCUT2D eigenvalue weighted by Gasteiger charge is 2.32. The molecule has 2 rings (SSSR count). The molecule has 0 aromatic carbocycles. The summed E-state index contributed by atoms with van der Waals surface area (Å²) in [6, 6.07) is 0. The minimum absolute atomic E-state index is 0.0509. The molecule has 0 N–H and O–H groups in total. The third-order valence-corrected chi connectivity index (χ3v) is 5.55. The summed E-state index contributed by atoms with van der Waals surface area (Å²) in [7, 11) is -2.95. The number of hydrogen-bond donors (Lipinski definition) is 0. The van der Waals surface area contributed by atoms with Gasteiger partial charge in [0.15, 0.2) is 9.84 Å². The Morgan fingerprint density at radius 3 is 1.95 bits per heavy atom. The average Bonchev–Trinajstić information content (AvgIpc) is 2.38. The standard InChI is InChI=1S/C12H20N2O4S/c1-10(15)13-4-2-11(3-5-13)12(16)14-6-8-19(17,18)9-7-14/h11H,2-9H2,1H3. The lowest BCUT2D eigenvalue weighted by Gasteiger charge is -2.35. The van der Waals surface area contributed by atoms with Gasteiger partial charge in [-0.25, -0.2) is 8.42 Å². The second-order valence-electron chi connectivity index (χ2n) is 5.26. The number of nitrogens with zero attached hydrogens (tertiary/aromatic N) is 2. The molecule has 0 aromatic heterocycles. The number of hydrogen-bond acceptors (Lipinski definition) is 4. The summed E-state index contributed by atoms with van der Waals surface area (Å²) in [5, 5.41) is 0. The van der Waals surface area contributed by atoms with Gasteiger partial charge >= 0.3 is 0 Å². The van der Waals surface area contributed by atoms with E-state index in [4.69, 9.17) is 0 Å². The Hall–Kier alpha value is -1.11. The van der Waals surface area contributed by atoms with Crippen molar-refractivity contribution in [1.82, 2.24) is 9.80 Å². The van der Waals surface area contributed by atoms with E-state index < -0.39 is 9.84 Å². The first-order chi connectivity index (χ1) is 8.89. The molecular formula is C12H20N2O4S. The largest absolute Gasteiger partial charge is 0.343 e. The van der Waals surface area contributed by atoms with Gasteiger partial charge in [0.25, 0.3) is 0 Å². The SMILES string of the molecule is CC(=O)N1CCC(C(=O)N2CCS(=O)(=O)CC2)CC1. The van der Waals surface area contributed by atoms with Crippen LogP contribution in [0.4, 0.5) is 0 Å². The number of piperidine rings is 1. The maximum Gasteiger partial charge on any atom is 0.225 e. The lowest BCUT2D eigenvalue weighted by molar-refractivity contribution is -0.139. The number of carbonyl (C=O) groups is 2. The number of rotatable bonds is 1. The van der Waals surface area contributed by atoms with Crippen LogP contribution in [0.2, 0.25) is 0 Å². The minimum Gasteiger partial charge on any atom is -0.343 e. The molecule has 2 saturated heterocycles. The molecule has 0 unspecified atom stereocenters. The van der Waals surface area contributed by atoms with E-state index in [1.54, 1.807) is 9.80 Å². The molecule has 2 aliphatic rings. The second-order valence-corrected chi connectivity index (χ2v) is 7.56. The summed E-state index contributed by atoms with van der Waals surface area (Å²) in [5.74, 6) is 0.195. The second kappa shape index (κ2) is 5.48.